The Morgan fingerprint density at radius 3 is 2.23 bits per heavy atom. The first-order valence-electron chi connectivity index (χ1n) is 7.22. The summed E-state index contributed by atoms with van der Waals surface area (Å²) in [5.74, 6) is -0.195. The summed E-state index contributed by atoms with van der Waals surface area (Å²) in [6, 6.07) is 3.99. The van der Waals surface area contributed by atoms with E-state index in [1.807, 2.05) is 6.07 Å². The van der Waals surface area contributed by atoms with Crippen LogP contribution in [0.15, 0.2) is 12.1 Å². The third-order valence-corrected chi connectivity index (χ3v) is 7.44. The van der Waals surface area contributed by atoms with Gasteiger partial charge in [0.15, 0.2) is 0 Å². The van der Waals surface area contributed by atoms with E-state index in [0.717, 1.165) is 23.6 Å². The zero-order chi connectivity index (χ0) is 16.7. The average Bonchev–Trinajstić information content (AvgIpc) is 2.29. The van der Waals surface area contributed by atoms with Crippen LogP contribution >= 0.6 is 67.8 Å². The van der Waals surface area contributed by atoms with Gasteiger partial charge in [0, 0.05) is 23.6 Å². The number of piperidine rings is 1. The highest BCUT2D eigenvalue weighted by Crippen LogP contribution is 2.27. The lowest BCUT2D eigenvalue weighted by Crippen LogP contribution is -3.06. The normalized spacial score (nSPS) is 20.7. The summed E-state index contributed by atoms with van der Waals surface area (Å²) in [5, 5.41) is 2.39. The van der Waals surface area contributed by atoms with Gasteiger partial charge in [-0.05, 0) is 108 Å². The van der Waals surface area contributed by atoms with Gasteiger partial charge in [0.25, 0.3) is 0 Å². The average molecular weight is 640 g/mol. The molecule has 122 valence electrons. The minimum Gasteiger partial charge on any atom is -0.458 e. The molecule has 0 amide bonds. The van der Waals surface area contributed by atoms with Crippen LogP contribution in [0.3, 0.4) is 0 Å². The zero-order valence-electron chi connectivity index (χ0n) is 13.2. The quantitative estimate of drug-likeness (QED) is 0.303. The summed E-state index contributed by atoms with van der Waals surface area (Å²) >= 11 is 6.73. The van der Waals surface area contributed by atoms with Crippen molar-refractivity contribution < 1.29 is 14.8 Å². The van der Waals surface area contributed by atoms with E-state index in [1.165, 1.54) is 0 Å². The fraction of sp³-hybridized carbons (Fsp3) is 0.562. The molecule has 0 saturated carbocycles. The second-order valence-electron chi connectivity index (χ2n) is 7.31. The SMILES string of the molecule is CC1(C)CC(OC(=O)c2cc(I)cc(I)c2I)CC(C)(C)[NH2+]1. The molecule has 0 radical (unpaired) electrons. The maximum atomic E-state index is 12.6. The monoisotopic (exact) mass is 640 g/mol. The van der Waals surface area contributed by atoms with E-state index in [0.29, 0.717) is 5.56 Å². The Bertz CT molecular complexity index is 583. The molecular formula is C16H21I3NO2+. The van der Waals surface area contributed by atoms with E-state index in [1.54, 1.807) is 0 Å². The minimum atomic E-state index is -0.195. The van der Waals surface area contributed by atoms with Crippen LogP contribution in [0.5, 0.6) is 0 Å². The van der Waals surface area contributed by atoms with Gasteiger partial charge in [-0.25, -0.2) is 4.79 Å². The van der Waals surface area contributed by atoms with Gasteiger partial charge in [-0.1, -0.05) is 0 Å². The van der Waals surface area contributed by atoms with Crippen LogP contribution in [0.1, 0.15) is 50.9 Å². The number of hydrogen-bond donors (Lipinski definition) is 1. The number of ether oxygens (including phenoxy) is 1. The molecule has 2 N–H and O–H groups in total. The summed E-state index contributed by atoms with van der Waals surface area (Å²) in [5.41, 5.74) is 0.876. The van der Waals surface area contributed by atoms with Crippen molar-refractivity contribution in [2.75, 3.05) is 0 Å². The Hall–Kier alpha value is 0.840. The molecule has 0 aliphatic carbocycles. The number of benzene rings is 1. The molecule has 6 heteroatoms. The molecule has 0 spiro atoms. The van der Waals surface area contributed by atoms with Crippen molar-refractivity contribution in [3.8, 4) is 0 Å². The van der Waals surface area contributed by atoms with Crippen molar-refractivity contribution in [1.82, 2.24) is 0 Å². The molecule has 1 heterocycles. The molecule has 0 bridgehead atoms. The molecule has 0 atom stereocenters. The molecule has 2 rings (SSSR count). The molecule has 1 saturated heterocycles. The van der Waals surface area contributed by atoms with Gasteiger partial charge in [0.2, 0.25) is 0 Å². The molecule has 1 aliphatic rings. The minimum absolute atomic E-state index is 0.0196. The Morgan fingerprint density at radius 2 is 1.68 bits per heavy atom. The van der Waals surface area contributed by atoms with Crippen LogP contribution in [0.4, 0.5) is 0 Å². The standard InChI is InChI=1S/C16H20I3NO2/c1-15(2)7-10(8-16(3,4)20-15)22-14(21)11-5-9(17)6-12(18)13(11)19/h5-6,10,20H,7-8H2,1-4H3/p+1. The van der Waals surface area contributed by atoms with Crippen molar-refractivity contribution in [2.24, 2.45) is 0 Å². The molecule has 1 aromatic carbocycles. The number of nitrogens with two attached hydrogens (primary N) is 1. The van der Waals surface area contributed by atoms with Crippen molar-refractivity contribution >= 4 is 73.7 Å². The second-order valence-corrected chi connectivity index (χ2v) is 10.8. The smallest absolute Gasteiger partial charge is 0.339 e. The van der Waals surface area contributed by atoms with E-state index in [2.05, 4.69) is 107 Å². The molecule has 1 aliphatic heterocycles. The number of carbonyl (C=O) groups is 1. The topological polar surface area (TPSA) is 42.9 Å². The zero-order valence-corrected chi connectivity index (χ0v) is 19.6. The Labute approximate surface area is 173 Å². The van der Waals surface area contributed by atoms with Gasteiger partial charge in [0.1, 0.15) is 6.10 Å². The van der Waals surface area contributed by atoms with Gasteiger partial charge in [-0.3, -0.25) is 0 Å². The highest BCUT2D eigenvalue weighted by molar-refractivity contribution is 14.1. The van der Waals surface area contributed by atoms with E-state index in [-0.39, 0.29) is 23.2 Å². The lowest BCUT2D eigenvalue weighted by molar-refractivity contribution is -0.789. The van der Waals surface area contributed by atoms with Crippen molar-refractivity contribution in [3.63, 3.8) is 0 Å². The number of rotatable bonds is 2. The molecular weight excluding hydrogens is 619 g/mol. The lowest BCUT2D eigenvalue weighted by atomic mass is 9.81. The Morgan fingerprint density at radius 1 is 1.14 bits per heavy atom. The van der Waals surface area contributed by atoms with Crippen LogP contribution in [0.25, 0.3) is 0 Å². The van der Waals surface area contributed by atoms with E-state index >= 15 is 0 Å². The number of quaternary nitrogens is 1. The van der Waals surface area contributed by atoms with Crippen LogP contribution in [-0.2, 0) is 4.74 Å². The Kier molecular flexibility index (Phi) is 6.09. The van der Waals surface area contributed by atoms with Gasteiger partial charge in [0.05, 0.1) is 16.6 Å². The van der Waals surface area contributed by atoms with Gasteiger partial charge in [-0.15, -0.1) is 0 Å². The fourth-order valence-electron chi connectivity index (χ4n) is 3.42. The van der Waals surface area contributed by atoms with E-state index in [9.17, 15) is 4.79 Å². The van der Waals surface area contributed by atoms with Crippen molar-refractivity contribution in [3.05, 3.63) is 28.4 Å². The van der Waals surface area contributed by atoms with Gasteiger partial charge < -0.3 is 10.1 Å². The first-order valence-corrected chi connectivity index (χ1v) is 10.5. The number of halogens is 3. The predicted molar refractivity (Wildman–Crippen MR) is 113 cm³/mol. The second kappa shape index (κ2) is 6.99. The molecule has 0 unspecified atom stereocenters. The van der Waals surface area contributed by atoms with Crippen molar-refractivity contribution in [1.29, 1.82) is 0 Å². The fourth-order valence-corrected chi connectivity index (χ4v) is 5.80. The summed E-state index contributed by atoms with van der Waals surface area (Å²) in [4.78, 5) is 12.6. The molecule has 1 aromatic rings. The van der Waals surface area contributed by atoms with Gasteiger partial charge in [-0.2, -0.15) is 0 Å². The van der Waals surface area contributed by atoms with Crippen LogP contribution in [-0.4, -0.2) is 23.2 Å². The molecule has 0 aromatic heterocycles. The van der Waals surface area contributed by atoms with Crippen LogP contribution in [0.2, 0.25) is 0 Å². The Balaban J connectivity index is 2.19. The van der Waals surface area contributed by atoms with Crippen LogP contribution < -0.4 is 5.32 Å². The largest absolute Gasteiger partial charge is 0.458 e. The molecule has 1 fully saturated rings. The third kappa shape index (κ3) is 4.92. The first kappa shape index (κ1) is 19.2. The number of esters is 1. The highest BCUT2D eigenvalue weighted by Gasteiger charge is 2.43. The summed E-state index contributed by atoms with van der Waals surface area (Å²) < 4.78 is 9.00. The van der Waals surface area contributed by atoms with Crippen molar-refractivity contribution in [2.45, 2.75) is 57.7 Å². The van der Waals surface area contributed by atoms with Gasteiger partial charge >= 0.3 is 5.97 Å². The lowest BCUT2D eigenvalue weighted by Gasteiger charge is -2.42. The van der Waals surface area contributed by atoms with Crippen LogP contribution in [0, 0.1) is 10.7 Å². The van der Waals surface area contributed by atoms with E-state index in [4.69, 9.17) is 4.74 Å². The summed E-state index contributed by atoms with van der Waals surface area (Å²) in [7, 11) is 0. The molecule has 22 heavy (non-hydrogen) atoms. The predicted octanol–water partition coefficient (Wildman–Crippen LogP) is 3.94. The third-order valence-electron chi connectivity index (χ3n) is 3.78. The highest BCUT2D eigenvalue weighted by atomic mass is 127. The van der Waals surface area contributed by atoms with E-state index < -0.39 is 0 Å². The summed E-state index contributed by atoms with van der Waals surface area (Å²) in [6.07, 6.45) is 1.76. The number of hydrogen-bond acceptors (Lipinski definition) is 2. The maximum absolute atomic E-state index is 12.6. The summed E-state index contributed by atoms with van der Waals surface area (Å²) in [6.45, 7) is 8.86. The maximum Gasteiger partial charge on any atom is 0.339 e. The molecule has 3 nitrogen and oxygen atoms in total. The number of carbonyl (C=O) groups excluding carboxylic acids is 1. The first-order chi connectivity index (χ1) is 9.99.